The second kappa shape index (κ2) is 4.85. The summed E-state index contributed by atoms with van der Waals surface area (Å²) in [5.41, 5.74) is 1.62. The average Bonchev–Trinajstić information content (AvgIpc) is 2.92. The minimum atomic E-state index is -0.973. The van der Waals surface area contributed by atoms with Gasteiger partial charge in [0.05, 0.1) is 23.9 Å². The summed E-state index contributed by atoms with van der Waals surface area (Å²) in [5, 5.41) is 13.4. The Bertz CT molecular complexity index is 621. The molecule has 0 amide bonds. The van der Waals surface area contributed by atoms with Crippen LogP contribution in [0.2, 0.25) is 0 Å². The van der Waals surface area contributed by atoms with E-state index in [1.807, 2.05) is 24.3 Å². The Kier molecular flexibility index (Phi) is 3.05. The van der Waals surface area contributed by atoms with Crippen molar-refractivity contribution in [2.45, 2.75) is 12.5 Å². The number of nitrogens with one attached hydrogen (secondary N) is 1. The van der Waals surface area contributed by atoms with Crippen LogP contribution >= 0.6 is 0 Å². The Labute approximate surface area is 110 Å². The smallest absolute Gasteiger partial charge is 0.339 e. The minimum Gasteiger partial charge on any atom is -0.478 e. The van der Waals surface area contributed by atoms with Crippen molar-refractivity contribution in [3.8, 4) is 0 Å². The summed E-state index contributed by atoms with van der Waals surface area (Å²) in [7, 11) is 0. The topological polar surface area (TPSA) is 71.5 Å². The van der Waals surface area contributed by atoms with Crippen LogP contribution in [0.25, 0.3) is 10.9 Å². The number of carbonyl (C=O) groups is 1. The Morgan fingerprint density at radius 1 is 1.42 bits per heavy atom. The molecule has 2 heterocycles. The molecule has 3 rings (SSSR count). The van der Waals surface area contributed by atoms with Gasteiger partial charge >= 0.3 is 5.97 Å². The molecular formula is C14H14N2O3. The summed E-state index contributed by atoms with van der Waals surface area (Å²) in [6.45, 7) is 1.32. The number of aromatic carboxylic acids is 1. The maximum absolute atomic E-state index is 11.3. The molecule has 1 saturated heterocycles. The molecule has 1 aliphatic heterocycles. The van der Waals surface area contributed by atoms with Crippen LogP contribution in [0.15, 0.2) is 30.5 Å². The first-order chi connectivity index (χ1) is 9.25. The van der Waals surface area contributed by atoms with Crippen molar-refractivity contribution in [1.29, 1.82) is 0 Å². The molecule has 5 nitrogen and oxygen atoms in total. The van der Waals surface area contributed by atoms with Crippen molar-refractivity contribution in [3.05, 3.63) is 36.0 Å². The molecule has 5 heteroatoms. The van der Waals surface area contributed by atoms with Gasteiger partial charge in [0.15, 0.2) is 0 Å². The number of ether oxygens (including phenoxy) is 1. The third-order valence-corrected chi connectivity index (χ3v) is 3.28. The number of pyridine rings is 1. The second-order valence-corrected chi connectivity index (χ2v) is 4.57. The maximum atomic E-state index is 11.3. The number of rotatable bonds is 3. The molecule has 19 heavy (non-hydrogen) atoms. The molecule has 1 aliphatic rings. The van der Waals surface area contributed by atoms with E-state index in [1.165, 1.54) is 6.20 Å². The van der Waals surface area contributed by atoms with Gasteiger partial charge in [0.2, 0.25) is 0 Å². The fourth-order valence-corrected chi connectivity index (χ4v) is 2.31. The van der Waals surface area contributed by atoms with Gasteiger partial charge in [-0.05, 0) is 12.5 Å². The van der Waals surface area contributed by atoms with Crippen LogP contribution in [0, 0.1) is 0 Å². The fourth-order valence-electron chi connectivity index (χ4n) is 2.31. The van der Waals surface area contributed by atoms with Crippen LogP contribution in [0.5, 0.6) is 0 Å². The van der Waals surface area contributed by atoms with E-state index in [2.05, 4.69) is 10.3 Å². The van der Waals surface area contributed by atoms with Crippen LogP contribution in [-0.2, 0) is 4.74 Å². The van der Waals surface area contributed by atoms with Crippen LogP contribution in [0.4, 0.5) is 5.69 Å². The number of aromatic nitrogens is 1. The lowest BCUT2D eigenvalue weighted by Gasteiger charge is -2.16. The number of hydrogen-bond donors (Lipinski definition) is 2. The highest BCUT2D eigenvalue weighted by atomic mass is 16.5. The zero-order chi connectivity index (χ0) is 13.2. The van der Waals surface area contributed by atoms with Gasteiger partial charge in [-0.25, -0.2) is 4.79 Å². The summed E-state index contributed by atoms with van der Waals surface area (Å²) in [6, 6.07) is 7.68. The normalized spacial score (nSPS) is 18.6. The molecular weight excluding hydrogens is 244 g/mol. The molecule has 98 valence electrons. The van der Waals surface area contributed by atoms with E-state index in [0.717, 1.165) is 17.3 Å². The molecule has 0 radical (unpaired) electrons. The van der Waals surface area contributed by atoms with Gasteiger partial charge < -0.3 is 15.2 Å². The van der Waals surface area contributed by atoms with Gasteiger partial charge in [-0.2, -0.15) is 0 Å². The van der Waals surface area contributed by atoms with E-state index in [-0.39, 0.29) is 11.6 Å². The predicted molar refractivity (Wildman–Crippen MR) is 71.5 cm³/mol. The molecule has 1 atom stereocenters. The highest BCUT2D eigenvalue weighted by Crippen LogP contribution is 2.27. The summed E-state index contributed by atoms with van der Waals surface area (Å²) in [6.07, 6.45) is 2.29. The lowest BCUT2D eigenvalue weighted by molar-refractivity contribution is 0.0697. The molecule has 1 unspecified atom stereocenters. The molecule has 2 aromatic rings. The average molecular weight is 258 g/mol. The van der Waals surface area contributed by atoms with Crippen molar-refractivity contribution >= 4 is 22.6 Å². The third kappa shape index (κ3) is 2.24. The molecule has 0 saturated carbocycles. The third-order valence-electron chi connectivity index (χ3n) is 3.28. The van der Waals surface area contributed by atoms with E-state index in [0.29, 0.717) is 18.9 Å². The molecule has 0 bridgehead atoms. The standard InChI is InChI=1S/C14H14N2O3/c17-14(18)11-7-15-12-4-2-1-3-10(12)13(11)16-9-5-6-19-8-9/h1-4,7,9H,5-6,8H2,(H,15,16)(H,17,18). The van der Waals surface area contributed by atoms with Crippen LogP contribution in [0.3, 0.4) is 0 Å². The number of benzene rings is 1. The highest BCUT2D eigenvalue weighted by Gasteiger charge is 2.20. The van der Waals surface area contributed by atoms with Gasteiger partial charge in [-0.15, -0.1) is 0 Å². The number of para-hydroxylation sites is 1. The van der Waals surface area contributed by atoms with E-state index in [9.17, 15) is 9.90 Å². The molecule has 0 spiro atoms. The van der Waals surface area contributed by atoms with Crippen molar-refractivity contribution < 1.29 is 14.6 Å². The monoisotopic (exact) mass is 258 g/mol. The first-order valence-electron chi connectivity index (χ1n) is 6.21. The number of carboxylic acid groups (broad SMARTS) is 1. The number of anilines is 1. The fraction of sp³-hybridized carbons (Fsp3) is 0.286. The van der Waals surface area contributed by atoms with Crippen molar-refractivity contribution in [2.24, 2.45) is 0 Å². The molecule has 1 aromatic heterocycles. The summed E-state index contributed by atoms with van der Waals surface area (Å²) in [5.74, 6) is -0.973. The minimum absolute atomic E-state index is 0.156. The highest BCUT2D eigenvalue weighted by molar-refractivity contribution is 6.04. The van der Waals surface area contributed by atoms with E-state index in [4.69, 9.17) is 4.74 Å². The Morgan fingerprint density at radius 3 is 3.00 bits per heavy atom. The van der Waals surface area contributed by atoms with Gasteiger partial charge in [0.1, 0.15) is 5.56 Å². The molecule has 2 N–H and O–H groups in total. The van der Waals surface area contributed by atoms with E-state index in [1.54, 1.807) is 0 Å². The van der Waals surface area contributed by atoms with E-state index < -0.39 is 5.97 Å². The van der Waals surface area contributed by atoms with Gasteiger partial charge in [-0.1, -0.05) is 18.2 Å². The number of nitrogens with zero attached hydrogens (tertiary/aromatic N) is 1. The van der Waals surface area contributed by atoms with Gasteiger partial charge in [0, 0.05) is 18.2 Å². The molecule has 0 aliphatic carbocycles. The first-order valence-corrected chi connectivity index (χ1v) is 6.21. The predicted octanol–water partition coefficient (Wildman–Crippen LogP) is 2.13. The number of carboxylic acids is 1. The molecule has 1 aromatic carbocycles. The Hall–Kier alpha value is -2.14. The lowest BCUT2D eigenvalue weighted by atomic mass is 10.1. The lowest BCUT2D eigenvalue weighted by Crippen LogP contribution is -2.21. The van der Waals surface area contributed by atoms with Crippen molar-refractivity contribution in [2.75, 3.05) is 18.5 Å². The van der Waals surface area contributed by atoms with Gasteiger partial charge in [-0.3, -0.25) is 4.98 Å². The SMILES string of the molecule is O=C(O)c1cnc2ccccc2c1NC1CCOC1. The zero-order valence-electron chi connectivity index (χ0n) is 10.3. The Morgan fingerprint density at radius 2 is 2.26 bits per heavy atom. The van der Waals surface area contributed by atoms with Crippen LogP contribution in [-0.4, -0.2) is 35.3 Å². The van der Waals surface area contributed by atoms with E-state index >= 15 is 0 Å². The second-order valence-electron chi connectivity index (χ2n) is 4.57. The molecule has 1 fully saturated rings. The van der Waals surface area contributed by atoms with Gasteiger partial charge in [0.25, 0.3) is 0 Å². The largest absolute Gasteiger partial charge is 0.478 e. The van der Waals surface area contributed by atoms with Crippen LogP contribution in [0.1, 0.15) is 16.8 Å². The number of hydrogen-bond acceptors (Lipinski definition) is 4. The zero-order valence-corrected chi connectivity index (χ0v) is 10.3. The summed E-state index contributed by atoms with van der Waals surface area (Å²) >= 11 is 0. The maximum Gasteiger partial charge on any atom is 0.339 e. The van der Waals surface area contributed by atoms with Crippen molar-refractivity contribution in [3.63, 3.8) is 0 Å². The summed E-state index contributed by atoms with van der Waals surface area (Å²) in [4.78, 5) is 15.5. The Balaban J connectivity index is 2.10. The quantitative estimate of drug-likeness (QED) is 0.882. The number of fused-ring (bicyclic) bond motifs is 1. The van der Waals surface area contributed by atoms with Crippen molar-refractivity contribution in [1.82, 2.24) is 4.98 Å². The first kappa shape index (κ1) is 11.9. The summed E-state index contributed by atoms with van der Waals surface area (Å²) < 4.78 is 5.32. The van der Waals surface area contributed by atoms with Crippen LogP contribution < -0.4 is 5.32 Å².